The number of aryl methyl sites for hydroxylation is 1. The van der Waals surface area contributed by atoms with E-state index in [9.17, 15) is 0 Å². The quantitative estimate of drug-likeness (QED) is 0.559. The summed E-state index contributed by atoms with van der Waals surface area (Å²) in [7, 11) is 6.51. The molecular weight excluding hydrogens is 344 g/mol. The summed E-state index contributed by atoms with van der Waals surface area (Å²) in [4.78, 5) is 0. The van der Waals surface area contributed by atoms with Crippen LogP contribution in [0.3, 0.4) is 0 Å². The zero-order valence-electron chi connectivity index (χ0n) is 16.2. The van der Waals surface area contributed by atoms with Gasteiger partial charge < -0.3 is 18.9 Å². The van der Waals surface area contributed by atoms with Crippen LogP contribution in [-0.2, 0) is 0 Å². The van der Waals surface area contributed by atoms with E-state index in [1.54, 1.807) is 28.4 Å². The van der Waals surface area contributed by atoms with Crippen molar-refractivity contribution in [2.24, 2.45) is 0 Å². The number of hydrogen-bond donors (Lipinski definition) is 0. The molecule has 0 amide bonds. The number of rotatable bonds is 6. The molecule has 5 heteroatoms. The largest absolute Gasteiger partial charge is 0.497 e. The molecule has 0 aliphatic heterocycles. The first-order valence-corrected chi connectivity index (χ1v) is 8.49. The van der Waals surface area contributed by atoms with Crippen LogP contribution in [-0.4, -0.2) is 28.4 Å². The third kappa shape index (κ3) is 3.82. The van der Waals surface area contributed by atoms with Crippen molar-refractivity contribution in [3.8, 4) is 23.0 Å². The summed E-state index contributed by atoms with van der Waals surface area (Å²) in [5.41, 5.74) is 0.920. The van der Waals surface area contributed by atoms with Gasteiger partial charge in [0.05, 0.1) is 40.7 Å². The first-order valence-electron chi connectivity index (χ1n) is 8.49. The summed E-state index contributed by atoms with van der Waals surface area (Å²) in [5, 5.41) is 1.94. The molecule has 0 N–H and O–H groups in total. The first kappa shape index (κ1) is 18.6. The molecule has 5 nitrogen and oxygen atoms in total. The molecule has 0 atom stereocenters. The van der Waals surface area contributed by atoms with Crippen molar-refractivity contribution >= 4 is 22.9 Å². The van der Waals surface area contributed by atoms with Crippen LogP contribution in [0.5, 0.6) is 23.0 Å². The number of benzene rings is 2. The van der Waals surface area contributed by atoms with E-state index in [2.05, 4.69) is 0 Å². The minimum absolute atomic E-state index is 0.653. The predicted octanol–water partition coefficient (Wildman–Crippen LogP) is 5.23. The SMILES string of the molecule is COc1ccc(C=Cc2[o+]c(C)cc3cc(OC)c(OC)cc23)c(OC)c1. The van der Waals surface area contributed by atoms with Crippen LogP contribution in [0.2, 0.25) is 0 Å². The third-order valence-corrected chi connectivity index (χ3v) is 4.31. The second kappa shape index (κ2) is 7.99. The van der Waals surface area contributed by atoms with Crippen LogP contribution in [0.4, 0.5) is 0 Å². The first-order chi connectivity index (χ1) is 13.1. The average molecular weight is 367 g/mol. The van der Waals surface area contributed by atoms with Gasteiger partial charge in [-0.15, -0.1) is 0 Å². The summed E-state index contributed by atoms with van der Waals surface area (Å²) in [6, 6.07) is 11.5. The normalized spacial score (nSPS) is 11.0. The van der Waals surface area contributed by atoms with E-state index in [1.165, 1.54) is 0 Å². The Morgan fingerprint density at radius 2 is 1.44 bits per heavy atom. The lowest BCUT2D eigenvalue weighted by Crippen LogP contribution is -1.92. The molecule has 0 aliphatic carbocycles. The Balaban J connectivity index is 2.10. The summed E-state index contributed by atoms with van der Waals surface area (Å²) in [5.74, 6) is 4.33. The lowest BCUT2D eigenvalue weighted by atomic mass is 10.1. The van der Waals surface area contributed by atoms with E-state index in [4.69, 9.17) is 23.4 Å². The van der Waals surface area contributed by atoms with E-state index in [1.807, 2.05) is 55.5 Å². The minimum Gasteiger partial charge on any atom is -0.497 e. The van der Waals surface area contributed by atoms with E-state index in [-0.39, 0.29) is 0 Å². The summed E-state index contributed by atoms with van der Waals surface area (Å²) < 4.78 is 27.5. The van der Waals surface area contributed by atoms with Gasteiger partial charge in [-0.2, -0.15) is 0 Å². The Morgan fingerprint density at radius 3 is 2.11 bits per heavy atom. The van der Waals surface area contributed by atoms with Gasteiger partial charge in [0.1, 0.15) is 11.5 Å². The Kier molecular flexibility index (Phi) is 5.50. The van der Waals surface area contributed by atoms with Gasteiger partial charge in [0.25, 0.3) is 0 Å². The fourth-order valence-corrected chi connectivity index (χ4v) is 2.95. The highest BCUT2D eigenvalue weighted by Gasteiger charge is 2.18. The van der Waals surface area contributed by atoms with Crippen molar-refractivity contribution in [1.29, 1.82) is 0 Å². The Labute approximate surface area is 158 Å². The molecule has 1 aromatic heterocycles. The van der Waals surface area contributed by atoms with Crippen molar-refractivity contribution in [1.82, 2.24) is 0 Å². The lowest BCUT2D eigenvalue weighted by molar-refractivity contribution is 0.355. The molecule has 1 heterocycles. The zero-order valence-corrected chi connectivity index (χ0v) is 16.2. The Morgan fingerprint density at radius 1 is 0.741 bits per heavy atom. The standard InChI is InChI=1S/C22H23O5/c1-14-10-16-11-21(25-4)22(26-5)13-18(16)19(27-14)9-7-15-6-8-17(23-2)12-20(15)24-3/h6-13H,1-5H3/q+1. The highest BCUT2D eigenvalue weighted by atomic mass is 16.5. The van der Waals surface area contributed by atoms with Crippen molar-refractivity contribution in [3.05, 3.63) is 53.5 Å². The molecule has 0 bridgehead atoms. The summed E-state index contributed by atoms with van der Waals surface area (Å²) in [6.45, 7) is 1.92. The molecule has 27 heavy (non-hydrogen) atoms. The van der Waals surface area contributed by atoms with Crippen molar-refractivity contribution < 1.29 is 23.4 Å². The maximum Gasteiger partial charge on any atom is 0.360 e. The van der Waals surface area contributed by atoms with Crippen molar-refractivity contribution in [3.63, 3.8) is 0 Å². The number of methoxy groups -OCH3 is 4. The van der Waals surface area contributed by atoms with Gasteiger partial charge in [0.2, 0.25) is 0 Å². The predicted molar refractivity (Wildman–Crippen MR) is 107 cm³/mol. The molecule has 0 aliphatic rings. The molecule has 0 saturated heterocycles. The molecule has 0 spiro atoms. The van der Waals surface area contributed by atoms with E-state index in [0.29, 0.717) is 11.5 Å². The summed E-state index contributed by atoms with van der Waals surface area (Å²) in [6.07, 6.45) is 3.87. The van der Waals surface area contributed by atoms with Crippen LogP contribution in [0.1, 0.15) is 17.1 Å². The van der Waals surface area contributed by atoms with Gasteiger partial charge in [-0.05, 0) is 24.3 Å². The molecular formula is C22H23O5+. The van der Waals surface area contributed by atoms with Gasteiger partial charge in [-0.1, -0.05) is 0 Å². The smallest absolute Gasteiger partial charge is 0.360 e. The van der Waals surface area contributed by atoms with E-state index >= 15 is 0 Å². The maximum absolute atomic E-state index is 5.95. The molecule has 0 saturated carbocycles. The molecule has 0 unspecified atom stereocenters. The van der Waals surface area contributed by atoms with Gasteiger partial charge in [0, 0.05) is 35.2 Å². The fraction of sp³-hybridized carbons (Fsp3) is 0.227. The Bertz CT molecular complexity index is 992. The fourth-order valence-electron chi connectivity index (χ4n) is 2.95. The molecule has 3 aromatic rings. The second-order valence-corrected chi connectivity index (χ2v) is 5.96. The lowest BCUT2D eigenvalue weighted by Gasteiger charge is -2.08. The monoisotopic (exact) mass is 367 g/mol. The average Bonchev–Trinajstić information content (AvgIpc) is 2.70. The molecule has 3 rings (SSSR count). The van der Waals surface area contributed by atoms with Crippen molar-refractivity contribution in [2.45, 2.75) is 6.92 Å². The topological polar surface area (TPSA) is 48.2 Å². The van der Waals surface area contributed by atoms with Gasteiger partial charge in [0.15, 0.2) is 11.5 Å². The number of fused-ring (bicyclic) bond motifs is 1. The van der Waals surface area contributed by atoms with E-state index in [0.717, 1.165) is 39.4 Å². The highest BCUT2D eigenvalue weighted by molar-refractivity contribution is 5.93. The van der Waals surface area contributed by atoms with E-state index < -0.39 is 0 Å². The Hall–Kier alpha value is -3.21. The number of hydrogen-bond acceptors (Lipinski definition) is 4. The molecule has 0 radical (unpaired) electrons. The van der Waals surface area contributed by atoms with Crippen LogP contribution >= 0.6 is 0 Å². The van der Waals surface area contributed by atoms with Crippen molar-refractivity contribution in [2.75, 3.05) is 28.4 Å². The molecule has 140 valence electrons. The summed E-state index contributed by atoms with van der Waals surface area (Å²) >= 11 is 0. The van der Waals surface area contributed by atoms with Crippen LogP contribution in [0.15, 0.2) is 40.8 Å². The van der Waals surface area contributed by atoms with Crippen LogP contribution in [0, 0.1) is 6.92 Å². The van der Waals surface area contributed by atoms with Crippen LogP contribution < -0.4 is 18.9 Å². The molecule has 0 fully saturated rings. The van der Waals surface area contributed by atoms with Gasteiger partial charge >= 0.3 is 11.5 Å². The second-order valence-electron chi connectivity index (χ2n) is 5.96. The van der Waals surface area contributed by atoms with Gasteiger partial charge in [-0.3, -0.25) is 0 Å². The number of ether oxygens (including phenoxy) is 4. The third-order valence-electron chi connectivity index (χ3n) is 4.31. The van der Waals surface area contributed by atoms with Crippen LogP contribution in [0.25, 0.3) is 22.9 Å². The highest BCUT2D eigenvalue weighted by Crippen LogP contribution is 2.35. The van der Waals surface area contributed by atoms with Gasteiger partial charge in [-0.25, -0.2) is 4.42 Å². The minimum atomic E-state index is 0.653. The molecule has 2 aromatic carbocycles. The maximum atomic E-state index is 5.95. The zero-order chi connectivity index (χ0) is 19.4.